The fourth-order valence-electron chi connectivity index (χ4n) is 1.48. The van der Waals surface area contributed by atoms with E-state index in [9.17, 15) is 18.0 Å². The first-order chi connectivity index (χ1) is 8.31. The smallest absolute Gasteiger partial charge is 0.338 e. The summed E-state index contributed by atoms with van der Waals surface area (Å²) in [6, 6.07) is 1.23. The first kappa shape index (κ1) is 14.5. The number of nitrogens with zero attached hydrogens (tertiary/aromatic N) is 1. The summed E-state index contributed by atoms with van der Waals surface area (Å²) in [5.41, 5.74) is -0.350. The predicted molar refractivity (Wildman–Crippen MR) is 59.7 cm³/mol. The molecule has 0 N–H and O–H groups in total. The fraction of sp³-hybridized carbons (Fsp3) is 0.417. The maximum Gasteiger partial charge on any atom is 0.338 e. The van der Waals surface area contributed by atoms with Gasteiger partial charge in [-0.1, -0.05) is 0 Å². The van der Waals surface area contributed by atoms with Crippen molar-refractivity contribution in [3.05, 3.63) is 35.1 Å². The number of carbonyl (C=O) groups excluding carboxylic acids is 1. The molecule has 0 saturated carbocycles. The lowest BCUT2D eigenvalue weighted by molar-refractivity contribution is 0.0288. The highest BCUT2D eigenvalue weighted by Gasteiger charge is 2.18. The molecule has 18 heavy (non-hydrogen) atoms. The Balaban J connectivity index is 2.79. The lowest BCUT2D eigenvalue weighted by Crippen LogP contribution is -2.28. The summed E-state index contributed by atoms with van der Waals surface area (Å²) in [6.07, 6.45) is -0.441. The molecular weight excluding hydrogens is 247 g/mol. The zero-order valence-corrected chi connectivity index (χ0v) is 10.3. The lowest BCUT2D eigenvalue weighted by Gasteiger charge is -2.17. The Morgan fingerprint density at radius 1 is 1.28 bits per heavy atom. The van der Waals surface area contributed by atoms with Crippen LogP contribution in [0.15, 0.2) is 12.1 Å². The standard InChI is InChI=1S/C12H14F3NO2/c1-7(6-16(2)3)18-12(17)8-4-9(13)11(15)10(14)5-8/h4-5,7H,6H2,1-3H3. The van der Waals surface area contributed by atoms with Crippen LogP contribution in [0.25, 0.3) is 0 Å². The van der Waals surface area contributed by atoms with Gasteiger partial charge in [0.2, 0.25) is 0 Å². The Bertz CT molecular complexity index is 426. The second kappa shape index (κ2) is 5.86. The summed E-state index contributed by atoms with van der Waals surface area (Å²) < 4.78 is 43.5. The first-order valence-corrected chi connectivity index (χ1v) is 5.31. The number of rotatable bonds is 4. The number of benzene rings is 1. The predicted octanol–water partition coefficient (Wildman–Crippen LogP) is 2.21. The number of ether oxygens (including phenoxy) is 1. The Morgan fingerprint density at radius 3 is 2.22 bits per heavy atom. The van der Waals surface area contributed by atoms with Gasteiger partial charge in [-0.3, -0.25) is 0 Å². The van der Waals surface area contributed by atoms with Crippen LogP contribution in [-0.4, -0.2) is 37.6 Å². The molecule has 0 heterocycles. The average molecular weight is 261 g/mol. The quantitative estimate of drug-likeness (QED) is 0.614. The van der Waals surface area contributed by atoms with E-state index in [1.807, 2.05) is 0 Å². The van der Waals surface area contributed by atoms with E-state index >= 15 is 0 Å². The maximum atomic E-state index is 12.9. The van der Waals surface area contributed by atoms with E-state index in [1.165, 1.54) is 0 Å². The molecule has 1 aromatic carbocycles. The minimum absolute atomic E-state index is 0.350. The van der Waals surface area contributed by atoms with Gasteiger partial charge in [0.05, 0.1) is 5.56 Å². The van der Waals surface area contributed by atoms with Crippen molar-refractivity contribution in [1.82, 2.24) is 4.90 Å². The molecule has 0 amide bonds. The van der Waals surface area contributed by atoms with Gasteiger partial charge >= 0.3 is 5.97 Å². The van der Waals surface area contributed by atoms with Crippen molar-refractivity contribution >= 4 is 5.97 Å². The van der Waals surface area contributed by atoms with Gasteiger partial charge in [-0.25, -0.2) is 18.0 Å². The van der Waals surface area contributed by atoms with Gasteiger partial charge < -0.3 is 9.64 Å². The van der Waals surface area contributed by atoms with Crippen molar-refractivity contribution in [3.8, 4) is 0 Å². The molecule has 100 valence electrons. The summed E-state index contributed by atoms with van der Waals surface area (Å²) in [5.74, 6) is -5.32. The molecule has 0 aliphatic rings. The minimum atomic E-state index is -1.60. The van der Waals surface area contributed by atoms with E-state index in [0.29, 0.717) is 18.7 Å². The molecule has 1 atom stereocenters. The summed E-state index contributed by atoms with van der Waals surface area (Å²) in [4.78, 5) is 13.4. The highest BCUT2D eigenvalue weighted by atomic mass is 19.2. The molecule has 0 bridgehead atoms. The van der Waals surface area contributed by atoms with Crippen LogP contribution in [-0.2, 0) is 4.74 Å². The molecule has 1 unspecified atom stereocenters. The third kappa shape index (κ3) is 3.73. The zero-order valence-electron chi connectivity index (χ0n) is 10.3. The number of esters is 1. The van der Waals surface area contributed by atoms with Crippen molar-refractivity contribution in [3.63, 3.8) is 0 Å². The summed E-state index contributed by atoms with van der Waals surface area (Å²) in [6.45, 7) is 2.12. The fourth-order valence-corrected chi connectivity index (χ4v) is 1.48. The molecule has 0 aliphatic carbocycles. The molecular formula is C12H14F3NO2. The van der Waals surface area contributed by atoms with Gasteiger partial charge in [-0.15, -0.1) is 0 Å². The molecule has 3 nitrogen and oxygen atoms in total. The van der Waals surface area contributed by atoms with Crippen LogP contribution in [0.5, 0.6) is 0 Å². The Kier molecular flexibility index (Phi) is 4.72. The highest BCUT2D eigenvalue weighted by Crippen LogP contribution is 2.15. The molecule has 0 aliphatic heterocycles. The van der Waals surface area contributed by atoms with Crippen LogP contribution in [0.2, 0.25) is 0 Å². The van der Waals surface area contributed by atoms with E-state index in [-0.39, 0.29) is 5.56 Å². The monoisotopic (exact) mass is 261 g/mol. The van der Waals surface area contributed by atoms with Crippen molar-refractivity contribution in [2.75, 3.05) is 20.6 Å². The van der Waals surface area contributed by atoms with Crippen LogP contribution in [0, 0.1) is 17.5 Å². The van der Waals surface area contributed by atoms with Crippen LogP contribution in [0.4, 0.5) is 13.2 Å². The molecule has 6 heteroatoms. The first-order valence-electron chi connectivity index (χ1n) is 5.31. The molecule has 0 aromatic heterocycles. The van der Waals surface area contributed by atoms with Gasteiger partial charge in [-0.05, 0) is 33.2 Å². The van der Waals surface area contributed by atoms with Crippen molar-refractivity contribution < 1.29 is 22.7 Å². The second-order valence-electron chi connectivity index (χ2n) is 4.23. The normalized spacial score (nSPS) is 12.6. The molecule has 0 fully saturated rings. The Hall–Kier alpha value is -1.56. The van der Waals surface area contributed by atoms with Crippen LogP contribution in [0.1, 0.15) is 17.3 Å². The largest absolute Gasteiger partial charge is 0.458 e. The molecule has 1 rings (SSSR count). The van der Waals surface area contributed by atoms with E-state index in [2.05, 4.69) is 0 Å². The number of carbonyl (C=O) groups is 1. The van der Waals surface area contributed by atoms with E-state index in [1.54, 1.807) is 25.9 Å². The third-order valence-corrected chi connectivity index (χ3v) is 2.15. The van der Waals surface area contributed by atoms with Crippen molar-refractivity contribution in [2.24, 2.45) is 0 Å². The van der Waals surface area contributed by atoms with Crippen molar-refractivity contribution in [1.29, 1.82) is 0 Å². The topological polar surface area (TPSA) is 29.5 Å². The van der Waals surface area contributed by atoms with Crippen LogP contribution in [0.3, 0.4) is 0 Å². The third-order valence-electron chi connectivity index (χ3n) is 2.15. The highest BCUT2D eigenvalue weighted by molar-refractivity contribution is 5.89. The SMILES string of the molecule is CC(CN(C)C)OC(=O)c1cc(F)c(F)c(F)c1. The molecule has 1 aromatic rings. The van der Waals surface area contributed by atoms with Gasteiger partial charge in [-0.2, -0.15) is 0 Å². The Morgan fingerprint density at radius 2 is 1.78 bits per heavy atom. The summed E-state index contributed by atoms with van der Waals surface area (Å²) in [7, 11) is 3.59. The van der Waals surface area contributed by atoms with E-state index < -0.39 is 29.5 Å². The van der Waals surface area contributed by atoms with Gasteiger partial charge in [0.25, 0.3) is 0 Å². The summed E-state index contributed by atoms with van der Waals surface area (Å²) in [5, 5.41) is 0. The van der Waals surface area contributed by atoms with Crippen LogP contribution >= 0.6 is 0 Å². The maximum absolute atomic E-state index is 12.9. The van der Waals surface area contributed by atoms with Crippen LogP contribution < -0.4 is 0 Å². The van der Waals surface area contributed by atoms with Gasteiger partial charge in [0.1, 0.15) is 6.10 Å². The van der Waals surface area contributed by atoms with Crippen molar-refractivity contribution in [2.45, 2.75) is 13.0 Å². The number of likely N-dealkylation sites (N-methyl/N-ethyl adjacent to an activating group) is 1. The molecule has 0 saturated heterocycles. The van der Waals surface area contributed by atoms with E-state index in [4.69, 9.17) is 4.74 Å². The van der Waals surface area contributed by atoms with Gasteiger partial charge in [0.15, 0.2) is 17.5 Å². The minimum Gasteiger partial charge on any atom is -0.458 e. The van der Waals surface area contributed by atoms with E-state index in [0.717, 1.165) is 0 Å². The second-order valence-corrected chi connectivity index (χ2v) is 4.23. The number of hydrogen-bond acceptors (Lipinski definition) is 3. The van der Waals surface area contributed by atoms with Gasteiger partial charge in [0, 0.05) is 6.54 Å². The molecule has 0 spiro atoms. The summed E-state index contributed by atoms with van der Waals surface area (Å²) >= 11 is 0. The Labute approximate surface area is 103 Å². The average Bonchev–Trinajstić information content (AvgIpc) is 2.23. The number of hydrogen-bond donors (Lipinski definition) is 0. The molecule has 0 radical (unpaired) electrons. The number of halogens is 3. The lowest BCUT2D eigenvalue weighted by atomic mass is 10.2. The zero-order chi connectivity index (χ0) is 13.9.